The van der Waals surface area contributed by atoms with Crippen LogP contribution in [0.5, 0.6) is 0 Å². The van der Waals surface area contributed by atoms with Crippen LogP contribution in [0.3, 0.4) is 0 Å². The summed E-state index contributed by atoms with van der Waals surface area (Å²) in [5, 5.41) is 22.4. The van der Waals surface area contributed by atoms with Gasteiger partial charge in [0.05, 0.1) is 17.4 Å². The van der Waals surface area contributed by atoms with E-state index in [1.54, 1.807) is 19.1 Å². The molecule has 1 rings (SSSR count). The molecule has 7 heteroatoms. The van der Waals surface area contributed by atoms with Crippen LogP contribution in [0.2, 0.25) is 0 Å². The Bertz CT molecular complexity index is 475. The van der Waals surface area contributed by atoms with Gasteiger partial charge in [-0.1, -0.05) is 6.07 Å². The van der Waals surface area contributed by atoms with E-state index in [1.807, 2.05) is 0 Å². The van der Waals surface area contributed by atoms with E-state index in [-0.39, 0.29) is 18.7 Å². The van der Waals surface area contributed by atoms with Gasteiger partial charge in [-0.3, -0.25) is 14.9 Å². The van der Waals surface area contributed by atoms with Crippen LogP contribution in [0.4, 0.5) is 11.4 Å². The SMILES string of the molecule is COC(CNc1cccc([N+](=O)[O-])c1C)CC(=O)O. The van der Waals surface area contributed by atoms with Gasteiger partial charge in [0.25, 0.3) is 5.69 Å². The first-order chi connectivity index (χ1) is 8.95. The van der Waals surface area contributed by atoms with Gasteiger partial charge in [0.15, 0.2) is 0 Å². The van der Waals surface area contributed by atoms with Crippen molar-refractivity contribution in [3.63, 3.8) is 0 Å². The van der Waals surface area contributed by atoms with Gasteiger partial charge in [0.2, 0.25) is 0 Å². The van der Waals surface area contributed by atoms with Crippen molar-refractivity contribution in [3.8, 4) is 0 Å². The van der Waals surface area contributed by atoms with Crippen molar-refractivity contribution >= 4 is 17.3 Å². The van der Waals surface area contributed by atoms with Gasteiger partial charge in [0.1, 0.15) is 0 Å². The van der Waals surface area contributed by atoms with Crippen molar-refractivity contribution < 1.29 is 19.6 Å². The normalized spacial score (nSPS) is 11.9. The van der Waals surface area contributed by atoms with E-state index in [9.17, 15) is 14.9 Å². The smallest absolute Gasteiger partial charge is 0.306 e. The van der Waals surface area contributed by atoms with Gasteiger partial charge < -0.3 is 15.2 Å². The molecule has 0 aromatic heterocycles. The number of nitrogens with one attached hydrogen (secondary N) is 1. The van der Waals surface area contributed by atoms with Gasteiger partial charge in [-0.2, -0.15) is 0 Å². The molecule has 0 amide bonds. The molecule has 1 unspecified atom stereocenters. The fraction of sp³-hybridized carbons (Fsp3) is 0.417. The van der Waals surface area contributed by atoms with Crippen LogP contribution in [0.25, 0.3) is 0 Å². The number of carboxylic acid groups (broad SMARTS) is 1. The largest absolute Gasteiger partial charge is 0.481 e. The highest BCUT2D eigenvalue weighted by atomic mass is 16.6. The molecule has 19 heavy (non-hydrogen) atoms. The second-order valence-corrected chi connectivity index (χ2v) is 4.04. The highest BCUT2D eigenvalue weighted by Crippen LogP contribution is 2.25. The van der Waals surface area contributed by atoms with Crippen LogP contribution < -0.4 is 5.32 Å². The minimum atomic E-state index is -0.954. The Morgan fingerprint density at radius 1 is 1.58 bits per heavy atom. The summed E-state index contributed by atoms with van der Waals surface area (Å²) >= 11 is 0. The predicted molar refractivity (Wildman–Crippen MR) is 69.4 cm³/mol. The van der Waals surface area contributed by atoms with Gasteiger partial charge in [-0.15, -0.1) is 0 Å². The molecular weight excluding hydrogens is 252 g/mol. The Hall–Kier alpha value is -2.15. The molecule has 1 atom stereocenters. The molecular formula is C12H16N2O5. The molecule has 0 fully saturated rings. The fourth-order valence-electron chi connectivity index (χ4n) is 1.67. The summed E-state index contributed by atoms with van der Waals surface area (Å²) in [4.78, 5) is 20.9. The molecule has 0 heterocycles. The Labute approximate surface area is 110 Å². The number of hydrogen-bond acceptors (Lipinski definition) is 5. The van der Waals surface area contributed by atoms with Crippen molar-refractivity contribution in [2.24, 2.45) is 0 Å². The lowest BCUT2D eigenvalue weighted by Gasteiger charge is -2.16. The fourth-order valence-corrected chi connectivity index (χ4v) is 1.67. The highest BCUT2D eigenvalue weighted by Gasteiger charge is 2.15. The summed E-state index contributed by atoms with van der Waals surface area (Å²) in [5.41, 5.74) is 1.14. The second-order valence-electron chi connectivity index (χ2n) is 4.04. The summed E-state index contributed by atoms with van der Waals surface area (Å²) in [6.45, 7) is 1.91. The van der Waals surface area contributed by atoms with Gasteiger partial charge in [-0.05, 0) is 13.0 Å². The summed E-state index contributed by atoms with van der Waals surface area (Å²) in [6.07, 6.45) is -0.617. The molecule has 0 saturated carbocycles. The molecule has 7 nitrogen and oxygen atoms in total. The molecule has 1 aromatic rings. The van der Waals surface area contributed by atoms with Crippen LogP contribution in [0.15, 0.2) is 18.2 Å². The number of benzene rings is 1. The molecule has 0 spiro atoms. The number of nitro groups is 1. The zero-order valence-corrected chi connectivity index (χ0v) is 10.8. The minimum Gasteiger partial charge on any atom is -0.481 e. The average Bonchev–Trinajstić information content (AvgIpc) is 2.35. The number of anilines is 1. The van der Waals surface area contributed by atoms with Gasteiger partial charge in [-0.25, -0.2) is 0 Å². The van der Waals surface area contributed by atoms with E-state index >= 15 is 0 Å². The number of ether oxygens (including phenoxy) is 1. The van der Waals surface area contributed by atoms with Crippen LogP contribution in [-0.2, 0) is 9.53 Å². The lowest BCUT2D eigenvalue weighted by atomic mass is 10.1. The molecule has 0 saturated heterocycles. The van der Waals surface area contributed by atoms with E-state index in [4.69, 9.17) is 9.84 Å². The van der Waals surface area contributed by atoms with E-state index < -0.39 is 17.0 Å². The van der Waals surface area contributed by atoms with Gasteiger partial charge in [0, 0.05) is 31.0 Å². The maximum Gasteiger partial charge on any atom is 0.306 e. The standard InChI is InChI=1S/C12H16N2O5/c1-8-10(4-3-5-11(8)14(17)18)13-7-9(19-2)6-12(15)16/h3-5,9,13H,6-7H2,1-2H3,(H,15,16). The maximum atomic E-state index is 10.8. The molecule has 2 N–H and O–H groups in total. The zero-order valence-electron chi connectivity index (χ0n) is 10.8. The first-order valence-electron chi connectivity index (χ1n) is 5.68. The lowest BCUT2D eigenvalue weighted by Crippen LogP contribution is -2.25. The first kappa shape index (κ1) is 14.9. The van der Waals surface area contributed by atoms with E-state index in [0.717, 1.165) is 0 Å². The van der Waals surface area contributed by atoms with Crippen LogP contribution in [0.1, 0.15) is 12.0 Å². The quantitative estimate of drug-likeness (QED) is 0.577. The summed E-state index contributed by atoms with van der Waals surface area (Å²) < 4.78 is 5.02. The Morgan fingerprint density at radius 3 is 2.79 bits per heavy atom. The van der Waals surface area contributed by atoms with E-state index in [0.29, 0.717) is 11.3 Å². The summed E-state index contributed by atoms with van der Waals surface area (Å²) in [7, 11) is 1.43. The van der Waals surface area contributed by atoms with Crippen LogP contribution >= 0.6 is 0 Å². The molecule has 1 aromatic carbocycles. The number of carbonyl (C=O) groups is 1. The topological polar surface area (TPSA) is 102 Å². The molecule has 0 aliphatic rings. The minimum absolute atomic E-state index is 0.0252. The van der Waals surface area contributed by atoms with Crippen LogP contribution in [-0.4, -0.2) is 35.8 Å². The van der Waals surface area contributed by atoms with E-state index in [2.05, 4.69) is 5.32 Å². The molecule has 104 valence electrons. The third kappa shape index (κ3) is 4.22. The number of methoxy groups -OCH3 is 1. The zero-order chi connectivity index (χ0) is 14.4. The molecule has 0 radical (unpaired) electrons. The van der Waals surface area contributed by atoms with Crippen molar-refractivity contribution in [2.75, 3.05) is 19.0 Å². The Kier molecular flexibility index (Phi) is 5.25. The Balaban J connectivity index is 2.74. The summed E-state index contributed by atoms with van der Waals surface area (Å²) in [6, 6.07) is 4.70. The van der Waals surface area contributed by atoms with E-state index in [1.165, 1.54) is 13.2 Å². The van der Waals surface area contributed by atoms with Crippen molar-refractivity contribution in [1.82, 2.24) is 0 Å². The van der Waals surface area contributed by atoms with Crippen LogP contribution in [0, 0.1) is 17.0 Å². The first-order valence-corrected chi connectivity index (χ1v) is 5.68. The lowest BCUT2D eigenvalue weighted by molar-refractivity contribution is -0.385. The molecule has 0 bridgehead atoms. The number of nitro benzene ring substituents is 1. The second kappa shape index (κ2) is 6.69. The monoisotopic (exact) mass is 268 g/mol. The number of carboxylic acids is 1. The number of aliphatic carboxylic acids is 1. The van der Waals surface area contributed by atoms with Gasteiger partial charge >= 0.3 is 5.97 Å². The molecule has 0 aliphatic carbocycles. The van der Waals surface area contributed by atoms with Crippen molar-refractivity contribution in [2.45, 2.75) is 19.4 Å². The maximum absolute atomic E-state index is 10.8. The number of hydrogen-bond donors (Lipinski definition) is 2. The highest BCUT2D eigenvalue weighted by molar-refractivity contribution is 5.67. The Morgan fingerprint density at radius 2 is 2.26 bits per heavy atom. The third-order valence-corrected chi connectivity index (χ3v) is 2.76. The average molecular weight is 268 g/mol. The van der Waals surface area contributed by atoms with Crippen molar-refractivity contribution in [1.29, 1.82) is 0 Å². The summed E-state index contributed by atoms with van der Waals surface area (Å²) in [5.74, 6) is -0.954. The number of nitrogens with zero attached hydrogens (tertiary/aromatic N) is 1. The van der Waals surface area contributed by atoms with Crippen molar-refractivity contribution in [3.05, 3.63) is 33.9 Å². The predicted octanol–water partition coefficient (Wildman–Crippen LogP) is 1.80. The number of rotatable bonds is 7. The molecule has 0 aliphatic heterocycles. The third-order valence-electron chi connectivity index (χ3n) is 2.76.